The van der Waals surface area contributed by atoms with E-state index in [2.05, 4.69) is 15.5 Å². The molecule has 0 atom stereocenters. The highest BCUT2D eigenvalue weighted by Gasteiger charge is 2.31. The quantitative estimate of drug-likeness (QED) is 0.387. The van der Waals surface area contributed by atoms with E-state index in [1.165, 1.54) is 18.2 Å². The predicted molar refractivity (Wildman–Crippen MR) is 119 cm³/mol. The Morgan fingerprint density at radius 2 is 1.78 bits per heavy atom. The van der Waals surface area contributed by atoms with Crippen molar-refractivity contribution in [2.45, 2.75) is 38.7 Å². The summed E-state index contributed by atoms with van der Waals surface area (Å²) in [5.74, 6) is -0.135. The Morgan fingerprint density at radius 3 is 2.50 bits per heavy atom. The van der Waals surface area contributed by atoms with E-state index in [9.17, 15) is 14.3 Å². The molecular weight excluding hydrogens is 413 g/mol. The molecule has 0 radical (unpaired) electrons. The molecule has 166 valence electrons. The number of fused-ring (bicyclic) bond motifs is 1. The van der Waals surface area contributed by atoms with Crippen LogP contribution in [0.15, 0.2) is 62.2 Å². The van der Waals surface area contributed by atoms with Crippen LogP contribution in [0.1, 0.15) is 38.1 Å². The van der Waals surface area contributed by atoms with Crippen molar-refractivity contribution in [3.05, 3.63) is 76.2 Å². The van der Waals surface area contributed by atoms with Gasteiger partial charge in [0.15, 0.2) is 0 Å². The van der Waals surface area contributed by atoms with Gasteiger partial charge in [0, 0.05) is 18.0 Å². The summed E-state index contributed by atoms with van der Waals surface area (Å²) in [4.78, 5) is 12.1. The number of benzene rings is 2. The molecule has 0 unspecified atom stereocenters. The maximum Gasteiger partial charge on any atom is 0.336 e. The van der Waals surface area contributed by atoms with Gasteiger partial charge in [-0.1, -0.05) is 43.2 Å². The van der Waals surface area contributed by atoms with Crippen LogP contribution < -0.4 is 10.9 Å². The second-order valence-electron chi connectivity index (χ2n) is 7.64. The molecule has 7 nitrogen and oxygen atoms in total. The van der Waals surface area contributed by atoms with E-state index in [0.717, 1.165) is 16.5 Å². The lowest BCUT2D eigenvalue weighted by molar-refractivity contribution is 0.00207. The zero-order chi connectivity index (χ0) is 22.7. The summed E-state index contributed by atoms with van der Waals surface area (Å²) < 4.78 is 24.2. The first-order valence-corrected chi connectivity index (χ1v) is 10.5. The minimum atomic E-state index is -1.12. The van der Waals surface area contributed by atoms with Gasteiger partial charge in [0.05, 0.1) is 0 Å². The molecule has 0 aliphatic rings. The third-order valence-electron chi connectivity index (χ3n) is 5.65. The molecule has 0 bridgehead atoms. The van der Waals surface area contributed by atoms with Gasteiger partial charge in [-0.3, -0.25) is 0 Å². The second kappa shape index (κ2) is 8.92. The van der Waals surface area contributed by atoms with Crippen LogP contribution in [0.4, 0.5) is 10.4 Å². The van der Waals surface area contributed by atoms with Crippen molar-refractivity contribution in [1.29, 1.82) is 0 Å². The summed E-state index contributed by atoms with van der Waals surface area (Å²) in [6.07, 6.45) is 1.57. The molecule has 2 aromatic heterocycles. The van der Waals surface area contributed by atoms with Crippen molar-refractivity contribution < 1.29 is 18.3 Å². The fourth-order valence-electron chi connectivity index (χ4n) is 3.58. The molecule has 0 aliphatic carbocycles. The zero-order valence-corrected chi connectivity index (χ0v) is 17.9. The number of nitrogens with one attached hydrogen (secondary N) is 1. The predicted octanol–water partition coefficient (Wildman–Crippen LogP) is 4.64. The molecule has 32 heavy (non-hydrogen) atoms. The average Bonchev–Trinajstić information content (AvgIpc) is 3.28. The van der Waals surface area contributed by atoms with Gasteiger partial charge in [-0.25, -0.2) is 9.18 Å². The Hall–Kier alpha value is -3.52. The van der Waals surface area contributed by atoms with Crippen molar-refractivity contribution in [3.63, 3.8) is 0 Å². The van der Waals surface area contributed by atoms with Crippen molar-refractivity contribution in [2.24, 2.45) is 0 Å². The van der Waals surface area contributed by atoms with Crippen LogP contribution in [0.3, 0.4) is 0 Å². The third kappa shape index (κ3) is 4.40. The molecule has 2 heterocycles. The highest BCUT2D eigenvalue weighted by atomic mass is 19.1. The fraction of sp³-hybridized carbons (Fsp3) is 0.292. The van der Waals surface area contributed by atoms with E-state index in [0.29, 0.717) is 37.0 Å². The van der Waals surface area contributed by atoms with Gasteiger partial charge in [-0.2, -0.15) is 0 Å². The lowest BCUT2D eigenvalue weighted by Gasteiger charge is -2.19. The molecule has 0 amide bonds. The van der Waals surface area contributed by atoms with Crippen LogP contribution in [-0.4, -0.2) is 21.8 Å². The molecule has 0 saturated carbocycles. The van der Waals surface area contributed by atoms with Crippen LogP contribution in [-0.2, 0) is 12.0 Å². The zero-order valence-electron chi connectivity index (χ0n) is 17.9. The normalized spacial score (nSPS) is 11.8. The first kappa shape index (κ1) is 21.7. The monoisotopic (exact) mass is 437 g/mol. The summed E-state index contributed by atoms with van der Waals surface area (Å²) in [7, 11) is 0. The number of nitrogens with zero attached hydrogens (tertiary/aromatic N) is 2. The van der Waals surface area contributed by atoms with Gasteiger partial charge in [-0.15, -0.1) is 5.10 Å². The maximum atomic E-state index is 13.3. The van der Waals surface area contributed by atoms with Crippen LogP contribution in [0.25, 0.3) is 22.1 Å². The molecular formula is C24H24FN3O4. The highest BCUT2D eigenvalue weighted by Crippen LogP contribution is 2.29. The van der Waals surface area contributed by atoms with Crippen molar-refractivity contribution in [1.82, 2.24) is 10.2 Å². The molecule has 4 aromatic rings. The second-order valence-corrected chi connectivity index (χ2v) is 7.64. The smallest absolute Gasteiger partial charge is 0.336 e. The average molecular weight is 437 g/mol. The first-order chi connectivity index (χ1) is 15.4. The van der Waals surface area contributed by atoms with E-state index < -0.39 is 11.2 Å². The van der Waals surface area contributed by atoms with Gasteiger partial charge in [0.25, 0.3) is 0 Å². The minimum absolute atomic E-state index is 0.200. The molecule has 0 spiro atoms. The fourth-order valence-corrected chi connectivity index (χ4v) is 3.58. The maximum absolute atomic E-state index is 13.3. The number of aromatic nitrogens is 2. The van der Waals surface area contributed by atoms with Gasteiger partial charge >= 0.3 is 11.6 Å². The number of aliphatic hydroxyl groups is 1. The van der Waals surface area contributed by atoms with Gasteiger partial charge < -0.3 is 19.3 Å². The summed E-state index contributed by atoms with van der Waals surface area (Å²) in [6, 6.07) is 13.3. The largest absolute Gasteiger partial charge is 0.423 e. The van der Waals surface area contributed by atoms with Crippen LogP contribution in [0.2, 0.25) is 0 Å². The Balaban J connectivity index is 1.50. The Labute approximate surface area is 183 Å². The number of rotatable bonds is 8. The number of halogens is 1. The standard InChI is InChI=1S/C24H24FN3O4/c1-3-24(30,4-2)22-27-28-23(32-22)26-12-11-15-5-10-18-19(14-21(29)31-20(18)13-15)16-6-8-17(25)9-7-16/h5-10,13-14,30H,3-4,11-12H2,1-2H3,(H,26,28). The number of anilines is 1. The summed E-state index contributed by atoms with van der Waals surface area (Å²) in [6.45, 7) is 4.23. The third-order valence-corrected chi connectivity index (χ3v) is 5.65. The molecule has 2 N–H and O–H groups in total. The van der Waals surface area contributed by atoms with Crippen molar-refractivity contribution in [3.8, 4) is 11.1 Å². The highest BCUT2D eigenvalue weighted by molar-refractivity contribution is 5.93. The van der Waals surface area contributed by atoms with E-state index in [1.54, 1.807) is 12.1 Å². The Kier molecular flexibility index (Phi) is 6.05. The van der Waals surface area contributed by atoms with E-state index in [-0.39, 0.29) is 17.7 Å². The van der Waals surface area contributed by atoms with Crippen molar-refractivity contribution >= 4 is 17.0 Å². The lowest BCUT2D eigenvalue weighted by Crippen LogP contribution is -2.23. The van der Waals surface area contributed by atoms with Crippen LogP contribution >= 0.6 is 0 Å². The molecule has 0 fully saturated rings. The van der Waals surface area contributed by atoms with Crippen LogP contribution in [0.5, 0.6) is 0 Å². The summed E-state index contributed by atoms with van der Waals surface area (Å²) in [5, 5.41) is 22.2. The molecule has 0 aliphatic heterocycles. The first-order valence-electron chi connectivity index (χ1n) is 10.5. The lowest BCUT2D eigenvalue weighted by atomic mass is 9.98. The van der Waals surface area contributed by atoms with E-state index in [1.807, 2.05) is 32.0 Å². The molecule has 4 rings (SSSR count). The van der Waals surface area contributed by atoms with Gasteiger partial charge in [0.2, 0.25) is 5.89 Å². The topological polar surface area (TPSA) is 101 Å². The van der Waals surface area contributed by atoms with Crippen molar-refractivity contribution in [2.75, 3.05) is 11.9 Å². The molecule has 2 aromatic carbocycles. The van der Waals surface area contributed by atoms with E-state index in [4.69, 9.17) is 8.83 Å². The minimum Gasteiger partial charge on any atom is -0.423 e. The Bertz CT molecular complexity index is 1280. The van der Waals surface area contributed by atoms with Gasteiger partial charge in [-0.05, 0) is 54.2 Å². The van der Waals surface area contributed by atoms with Gasteiger partial charge in [0.1, 0.15) is 17.0 Å². The number of hydrogen-bond acceptors (Lipinski definition) is 7. The SMILES string of the molecule is CCC(O)(CC)c1nnc(NCCc2ccc3c(-c4ccc(F)cc4)cc(=O)oc3c2)o1. The summed E-state index contributed by atoms with van der Waals surface area (Å²) in [5.41, 5.74) is 1.26. The molecule has 0 saturated heterocycles. The number of hydrogen-bond donors (Lipinski definition) is 2. The summed E-state index contributed by atoms with van der Waals surface area (Å²) >= 11 is 0. The Morgan fingerprint density at radius 1 is 1.03 bits per heavy atom. The van der Waals surface area contributed by atoms with Crippen LogP contribution in [0, 0.1) is 5.82 Å². The molecule has 8 heteroatoms. The van der Waals surface area contributed by atoms with E-state index >= 15 is 0 Å².